The van der Waals surface area contributed by atoms with Crippen molar-refractivity contribution < 1.29 is 0 Å². The fraction of sp³-hybridized carbons (Fsp3) is 0.154. The average Bonchev–Trinajstić information content (AvgIpc) is 2.20. The summed E-state index contributed by atoms with van der Waals surface area (Å²) >= 11 is 0. The fourth-order valence-electron chi connectivity index (χ4n) is 1.25. The second-order valence-electron chi connectivity index (χ2n) is 3.23. The number of hydrogen-bond donors (Lipinski definition) is 1. The molecule has 0 saturated heterocycles. The third kappa shape index (κ3) is 3.85. The number of nitrogens with one attached hydrogen (secondary N) is 1. The molecular formula is C13H15N. The first-order chi connectivity index (χ1) is 6.83. The molecule has 1 aromatic carbocycles. The summed E-state index contributed by atoms with van der Waals surface area (Å²) in [7, 11) is 0. The highest BCUT2D eigenvalue weighted by Crippen LogP contribution is 2.06. The Balaban J connectivity index is 2.57. The van der Waals surface area contributed by atoms with Gasteiger partial charge in [0.2, 0.25) is 0 Å². The van der Waals surface area contributed by atoms with Crippen LogP contribution in [0.1, 0.15) is 12.5 Å². The van der Waals surface area contributed by atoms with E-state index in [2.05, 4.69) is 31.2 Å². The smallest absolute Gasteiger partial charge is 0.0177 e. The summed E-state index contributed by atoms with van der Waals surface area (Å²) in [5, 5.41) is 6.83. The van der Waals surface area contributed by atoms with Gasteiger partial charge in [0.15, 0.2) is 0 Å². The number of rotatable bonds is 4. The summed E-state index contributed by atoms with van der Waals surface area (Å²) in [5.41, 5.74) is 2.62. The summed E-state index contributed by atoms with van der Waals surface area (Å²) in [6.45, 7) is 2.10. The average molecular weight is 185 g/mol. The highest BCUT2D eigenvalue weighted by molar-refractivity contribution is 5.68. The lowest BCUT2D eigenvalue weighted by Gasteiger charge is -1.99. The summed E-state index contributed by atoms with van der Waals surface area (Å²) in [6, 6.07) is 10.4. The van der Waals surface area contributed by atoms with Crippen LogP contribution in [-0.2, 0) is 6.42 Å². The van der Waals surface area contributed by atoms with Crippen molar-refractivity contribution >= 4 is 6.21 Å². The Morgan fingerprint density at radius 3 is 2.57 bits per heavy atom. The van der Waals surface area contributed by atoms with E-state index in [4.69, 9.17) is 5.41 Å². The molecule has 0 bridgehead atoms. The van der Waals surface area contributed by atoms with Crippen molar-refractivity contribution in [3.63, 3.8) is 0 Å². The van der Waals surface area contributed by atoms with Gasteiger partial charge in [0.1, 0.15) is 0 Å². The highest BCUT2D eigenvalue weighted by Gasteiger charge is 1.91. The molecule has 0 aliphatic heterocycles. The minimum Gasteiger partial charge on any atom is -0.309 e. The maximum atomic E-state index is 6.83. The first kappa shape index (κ1) is 10.5. The van der Waals surface area contributed by atoms with Crippen molar-refractivity contribution in [1.29, 1.82) is 5.41 Å². The van der Waals surface area contributed by atoms with Gasteiger partial charge in [0.25, 0.3) is 0 Å². The van der Waals surface area contributed by atoms with Crippen molar-refractivity contribution in [2.75, 3.05) is 0 Å². The van der Waals surface area contributed by atoms with Crippen molar-refractivity contribution in [3.8, 4) is 0 Å². The van der Waals surface area contributed by atoms with Crippen LogP contribution < -0.4 is 0 Å². The summed E-state index contributed by atoms with van der Waals surface area (Å²) in [6.07, 6.45) is 7.91. The molecule has 0 amide bonds. The van der Waals surface area contributed by atoms with E-state index in [1.54, 1.807) is 6.08 Å². The molecular weight excluding hydrogens is 170 g/mol. The Hall–Kier alpha value is -1.63. The molecule has 0 aliphatic carbocycles. The van der Waals surface area contributed by atoms with Gasteiger partial charge in [0, 0.05) is 6.21 Å². The van der Waals surface area contributed by atoms with Gasteiger partial charge in [-0.05, 0) is 25.0 Å². The second-order valence-corrected chi connectivity index (χ2v) is 3.23. The molecule has 0 fully saturated rings. The van der Waals surface area contributed by atoms with Gasteiger partial charge < -0.3 is 5.41 Å². The van der Waals surface area contributed by atoms with Gasteiger partial charge in [-0.1, -0.05) is 48.1 Å². The topological polar surface area (TPSA) is 23.9 Å². The molecule has 0 radical (unpaired) electrons. The predicted octanol–water partition coefficient (Wildman–Crippen LogP) is 3.38. The van der Waals surface area contributed by atoms with Gasteiger partial charge in [-0.15, -0.1) is 0 Å². The van der Waals surface area contributed by atoms with Gasteiger partial charge in [0.05, 0.1) is 0 Å². The lowest BCUT2D eigenvalue weighted by Crippen LogP contribution is -1.84. The predicted molar refractivity (Wildman–Crippen MR) is 61.8 cm³/mol. The van der Waals surface area contributed by atoms with Crippen LogP contribution in [0.3, 0.4) is 0 Å². The van der Waals surface area contributed by atoms with Crippen LogP contribution in [0.4, 0.5) is 0 Å². The molecule has 1 heteroatoms. The Morgan fingerprint density at radius 2 is 1.93 bits per heavy atom. The molecule has 0 unspecified atom stereocenters. The maximum Gasteiger partial charge on any atom is 0.0177 e. The zero-order valence-electron chi connectivity index (χ0n) is 8.40. The van der Waals surface area contributed by atoms with Gasteiger partial charge in [-0.2, -0.15) is 0 Å². The highest BCUT2D eigenvalue weighted by atomic mass is 14.3. The Bertz CT molecular complexity index is 334. The molecule has 0 atom stereocenters. The van der Waals surface area contributed by atoms with Crippen LogP contribution in [-0.4, -0.2) is 6.21 Å². The summed E-state index contributed by atoms with van der Waals surface area (Å²) in [4.78, 5) is 0. The molecule has 0 aromatic heterocycles. The van der Waals surface area contributed by atoms with Crippen LogP contribution in [0.15, 0.2) is 54.1 Å². The first-order valence-electron chi connectivity index (χ1n) is 4.70. The lowest BCUT2D eigenvalue weighted by molar-refractivity contribution is 1.14. The van der Waals surface area contributed by atoms with E-state index >= 15 is 0 Å². The Morgan fingerprint density at radius 1 is 1.21 bits per heavy atom. The fourth-order valence-corrected chi connectivity index (χ4v) is 1.25. The third-order valence-corrected chi connectivity index (χ3v) is 1.91. The standard InChI is InChI=1S/C13H15N/c1-12(7-5-6-10-14)11-13-8-3-2-4-9-13/h2-10,14H,11H2,1H3/b6-5-,12-7?,14-10?. The van der Waals surface area contributed by atoms with Crippen molar-refractivity contribution in [3.05, 3.63) is 59.7 Å². The van der Waals surface area contributed by atoms with E-state index in [0.717, 1.165) is 6.42 Å². The van der Waals surface area contributed by atoms with E-state index in [9.17, 15) is 0 Å². The largest absolute Gasteiger partial charge is 0.309 e. The number of allylic oxidation sites excluding steroid dienone is 4. The van der Waals surface area contributed by atoms with Crippen LogP contribution >= 0.6 is 0 Å². The second kappa shape index (κ2) is 5.92. The zero-order chi connectivity index (χ0) is 10.2. The minimum absolute atomic E-state index is 0.975. The number of hydrogen-bond acceptors (Lipinski definition) is 1. The monoisotopic (exact) mass is 185 g/mol. The van der Waals surface area contributed by atoms with E-state index in [1.807, 2.05) is 18.2 Å². The SMILES string of the molecule is CC(=C/C=C\C=N)Cc1ccccc1. The number of benzene rings is 1. The molecule has 0 saturated carbocycles. The molecule has 14 heavy (non-hydrogen) atoms. The Labute approximate surface area is 85.3 Å². The van der Waals surface area contributed by atoms with Crippen molar-refractivity contribution in [1.82, 2.24) is 0 Å². The summed E-state index contributed by atoms with van der Waals surface area (Å²) < 4.78 is 0. The normalized spacial score (nSPS) is 11.9. The molecule has 72 valence electrons. The quantitative estimate of drug-likeness (QED) is 0.549. The third-order valence-electron chi connectivity index (χ3n) is 1.91. The zero-order valence-corrected chi connectivity index (χ0v) is 8.40. The van der Waals surface area contributed by atoms with Gasteiger partial charge >= 0.3 is 0 Å². The van der Waals surface area contributed by atoms with Gasteiger partial charge in [-0.25, -0.2) is 0 Å². The molecule has 0 spiro atoms. The van der Waals surface area contributed by atoms with Crippen LogP contribution in [0, 0.1) is 5.41 Å². The molecule has 1 N–H and O–H groups in total. The molecule has 0 heterocycles. The van der Waals surface area contributed by atoms with E-state index in [1.165, 1.54) is 17.4 Å². The Kier molecular flexibility index (Phi) is 4.42. The first-order valence-corrected chi connectivity index (χ1v) is 4.70. The van der Waals surface area contributed by atoms with Crippen molar-refractivity contribution in [2.45, 2.75) is 13.3 Å². The van der Waals surface area contributed by atoms with Crippen LogP contribution in [0.5, 0.6) is 0 Å². The van der Waals surface area contributed by atoms with E-state index in [0.29, 0.717) is 0 Å². The molecule has 0 aliphatic rings. The van der Waals surface area contributed by atoms with E-state index in [-0.39, 0.29) is 0 Å². The van der Waals surface area contributed by atoms with Crippen LogP contribution in [0.2, 0.25) is 0 Å². The maximum absolute atomic E-state index is 6.83. The molecule has 1 rings (SSSR count). The van der Waals surface area contributed by atoms with Crippen molar-refractivity contribution in [2.24, 2.45) is 0 Å². The van der Waals surface area contributed by atoms with E-state index < -0.39 is 0 Å². The lowest BCUT2D eigenvalue weighted by atomic mass is 10.1. The molecule has 1 aromatic rings. The summed E-state index contributed by atoms with van der Waals surface area (Å²) in [5.74, 6) is 0. The molecule has 1 nitrogen and oxygen atoms in total. The minimum atomic E-state index is 0.975. The van der Waals surface area contributed by atoms with Gasteiger partial charge in [-0.3, -0.25) is 0 Å². The van der Waals surface area contributed by atoms with Crippen LogP contribution in [0.25, 0.3) is 0 Å².